The van der Waals surface area contributed by atoms with E-state index in [1.165, 1.54) is 42.4 Å². The Morgan fingerprint density at radius 3 is 2.47 bits per heavy atom. The van der Waals surface area contributed by atoms with Gasteiger partial charge < -0.3 is 0 Å². The van der Waals surface area contributed by atoms with Crippen molar-refractivity contribution in [1.82, 2.24) is 10.2 Å². The van der Waals surface area contributed by atoms with E-state index >= 15 is 0 Å². The van der Waals surface area contributed by atoms with Gasteiger partial charge in [0, 0.05) is 5.56 Å². The van der Waals surface area contributed by atoms with Crippen molar-refractivity contribution in [3.05, 3.63) is 46.1 Å². The first-order valence-electron chi connectivity index (χ1n) is 5.94. The van der Waals surface area contributed by atoms with Gasteiger partial charge in [0.2, 0.25) is 0 Å². The normalized spacial score (nSPS) is 14.4. The van der Waals surface area contributed by atoms with Crippen LogP contribution >= 0.6 is 15.9 Å². The van der Waals surface area contributed by atoms with E-state index in [0.29, 0.717) is 0 Å². The predicted molar refractivity (Wildman–Crippen MR) is 71.8 cm³/mol. The zero-order valence-electron chi connectivity index (χ0n) is 9.49. The zero-order valence-corrected chi connectivity index (χ0v) is 11.1. The van der Waals surface area contributed by atoms with Gasteiger partial charge in [-0.3, -0.25) is 0 Å². The molecule has 1 aliphatic rings. The molecular weight excluding hydrogens is 276 g/mol. The quantitative estimate of drug-likeness (QED) is 0.798. The van der Waals surface area contributed by atoms with Crippen molar-refractivity contribution in [3.8, 4) is 11.3 Å². The van der Waals surface area contributed by atoms with Crippen LogP contribution < -0.4 is 0 Å². The lowest BCUT2D eigenvalue weighted by atomic mass is 9.90. The van der Waals surface area contributed by atoms with Gasteiger partial charge in [-0.15, -0.1) is 10.2 Å². The second kappa shape index (κ2) is 4.57. The second-order valence-electron chi connectivity index (χ2n) is 4.43. The molecule has 1 heterocycles. The second-order valence-corrected chi connectivity index (χ2v) is 5.24. The molecule has 0 unspecified atom stereocenters. The Labute approximate surface area is 109 Å². The van der Waals surface area contributed by atoms with E-state index in [0.717, 1.165) is 10.3 Å². The molecule has 0 amide bonds. The Bertz CT molecular complexity index is 534. The summed E-state index contributed by atoms with van der Waals surface area (Å²) in [6, 6.07) is 10.6. The van der Waals surface area contributed by atoms with Crippen LogP contribution in [0.2, 0.25) is 0 Å². The van der Waals surface area contributed by atoms with Gasteiger partial charge >= 0.3 is 0 Å². The van der Waals surface area contributed by atoms with E-state index in [-0.39, 0.29) is 0 Å². The molecule has 0 spiro atoms. The number of aromatic nitrogens is 2. The minimum Gasteiger partial charge on any atom is -0.149 e. The Balaban J connectivity index is 2.01. The Morgan fingerprint density at radius 2 is 1.71 bits per heavy atom. The molecule has 0 radical (unpaired) electrons. The van der Waals surface area contributed by atoms with Gasteiger partial charge in [0.25, 0.3) is 0 Å². The average molecular weight is 289 g/mol. The van der Waals surface area contributed by atoms with Crippen LogP contribution in [0.3, 0.4) is 0 Å². The molecule has 86 valence electrons. The molecule has 0 bridgehead atoms. The Kier molecular flexibility index (Phi) is 2.93. The van der Waals surface area contributed by atoms with E-state index in [1.54, 1.807) is 0 Å². The fraction of sp³-hybridized carbons (Fsp3) is 0.286. The highest BCUT2D eigenvalue weighted by molar-refractivity contribution is 9.10. The topological polar surface area (TPSA) is 25.8 Å². The number of halogens is 1. The summed E-state index contributed by atoms with van der Waals surface area (Å²) in [5, 5.41) is 8.23. The van der Waals surface area contributed by atoms with Crippen molar-refractivity contribution in [1.29, 1.82) is 0 Å². The fourth-order valence-corrected chi connectivity index (χ4v) is 2.57. The number of nitrogens with zero attached hydrogens (tertiary/aromatic N) is 2. The van der Waals surface area contributed by atoms with E-state index in [1.807, 2.05) is 12.1 Å². The van der Waals surface area contributed by atoms with Crippen LogP contribution in [0.25, 0.3) is 11.3 Å². The lowest BCUT2D eigenvalue weighted by Gasteiger charge is -2.16. The van der Waals surface area contributed by atoms with E-state index in [9.17, 15) is 0 Å². The van der Waals surface area contributed by atoms with Crippen LogP contribution in [0.4, 0.5) is 0 Å². The molecule has 2 nitrogen and oxygen atoms in total. The number of aryl methyl sites for hydroxylation is 2. The van der Waals surface area contributed by atoms with Crippen molar-refractivity contribution in [3.63, 3.8) is 0 Å². The molecule has 1 aromatic carbocycles. The van der Waals surface area contributed by atoms with Crippen molar-refractivity contribution in [2.45, 2.75) is 25.7 Å². The summed E-state index contributed by atoms with van der Waals surface area (Å²) < 4.78 is 0.777. The summed E-state index contributed by atoms with van der Waals surface area (Å²) in [5.41, 5.74) is 5.11. The summed E-state index contributed by atoms with van der Waals surface area (Å²) in [5.74, 6) is 0. The largest absolute Gasteiger partial charge is 0.149 e. The summed E-state index contributed by atoms with van der Waals surface area (Å²) in [7, 11) is 0. The predicted octanol–water partition coefficient (Wildman–Crippen LogP) is 3.78. The molecule has 0 fully saturated rings. The fourth-order valence-electron chi connectivity index (χ4n) is 2.36. The Hall–Kier alpha value is -1.22. The van der Waals surface area contributed by atoms with Gasteiger partial charge in [-0.1, -0.05) is 12.1 Å². The molecule has 17 heavy (non-hydrogen) atoms. The maximum absolute atomic E-state index is 4.20. The summed E-state index contributed by atoms with van der Waals surface area (Å²) in [6.45, 7) is 0. The molecule has 0 aliphatic heterocycles. The molecule has 1 aromatic heterocycles. The third-order valence-corrected chi connectivity index (χ3v) is 3.70. The monoisotopic (exact) mass is 288 g/mol. The van der Waals surface area contributed by atoms with Gasteiger partial charge in [-0.05, 0) is 70.9 Å². The molecule has 3 rings (SSSR count). The number of hydrogen-bond donors (Lipinski definition) is 0. The molecule has 3 heteroatoms. The molecule has 0 saturated heterocycles. The van der Waals surface area contributed by atoms with Gasteiger partial charge in [-0.2, -0.15) is 0 Å². The van der Waals surface area contributed by atoms with Crippen molar-refractivity contribution in [2.24, 2.45) is 0 Å². The third kappa shape index (κ3) is 2.25. The molecule has 2 aromatic rings. The number of rotatable bonds is 1. The van der Waals surface area contributed by atoms with Crippen molar-refractivity contribution in [2.75, 3.05) is 0 Å². The minimum absolute atomic E-state index is 0.777. The number of fused-ring (bicyclic) bond motifs is 1. The number of benzene rings is 1. The smallest absolute Gasteiger partial charge is 0.128 e. The highest BCUT2D eigenvalue weighted by atomic mass is 79.9. The summed E-state index contributed by atoms with van der Waals surface area (Å²) in [6.07, 6.45) is 5.06. The SMILES string of the molecule is Brc1ccc(-c2ccc3c(c2)CCCC3)nn1. The highest BCUT2D eigenvalue weighted by Crippen LogP contribution is 2.26. The first-order chi connectivity index (χ1) is 8.33. The maximum Gasteiger partial charge on any atom is 0.128 e. The molecular formula is C14H13BrN2. The lowest BCUT2D eigenvalue weighted by molar-refractivity contribution is 0.686. The minimum atomic E-state index is 0.777. The van der Waals surface area contributed by atoms with E-state index in [4.69, 9.17) is 0 Å². The first-order valence-corrected chi connectivity index (χ1v) is 6.74. The van der Waals surface area contributed by atoms with Crippen LogP contribution in [0.1, 0.15) is 24.0 Å². The molecule has 1 aliphatic carbocycles. The maximum atomic E-state index is 4.20. The van der Waals surface area contributed by atoms with Gasteiger partial charge in [0.05, 0.1) is 5.69 Å². The lowest BCUT2D eigenvalue weighted by Crippen LogP contribution is -2.02. The van der Waals surface area contributed by atoms with Crippen LogP contribution in [-0.2, 0) is 12.8 Å². The van der Waals surface area contributed by atoms with Crippen molar-refractivity contribution < 1.29 is 0 Å². The van der Waals surface area contributed by atoms with Gasteiger partial charge in [0.15, 0.2) is 0 Å². The molecule has 0 N–H and O–H groups in total. The van der Waals surface area contributed by atoms with Gasteiger partial charge in [-0.25, -0.2) is 0 Å². The van der Waals surface area contributed by atoms with Crippen molar-refractivity contribution >= 4 is 15.9 Å². The molecule has 0 atom stereocenters. The molecule has 0 saturated carbocycles. The standard InChI is InChI=1S/C14H13BrN2/c15-14-8-7-13(16-17-14)12-6-5-10-3-1-2-4-11(10)9-12/h5-9H,1-4H2. The van der Waals surface area contributed by atoms with E-state index < -0.39 is 0 Å². The Morgan fingerprint density at radius 1 is 0.882 bits per heavy atom. The van der Waals surface area contributed by atoms with Crippen LogP contribution in [0.5, 0.6) is 0 Å². The summed E-state index contributed by atoms with van der Waals surface area (Å²) in [4.78, 5) is 0. The summed E-state index contributed by atoms with van der Waals surface area (Å²) >= 11 is 3.30. The highest BCUT2D eigenvalue weighted by Gasteiger charge is 2.10. The third-order valence-electron chi connectivity index (χ3n) is 3.28. The first kappa shape index (κ1) is 10.9. The van der Waals surface area contributed by atoms with Gasteiger partial charge in [0.1, 0.15) is 4.60 Å². The zero-order chi connectivity index (χ0) is 11.7. The van der Waals surface area contributed by atoms with Crippen LogP contribution in [-0.4, -0.2) is 10.2 Å². The van der Waals surface area contributed by atoms with Crippen LogP contribution in [0.15, 0.2) is 34.9 Å². The number of hydrogen-bond acceptors (Lipinski definition) is 2. The average Bonchev–Trinajstić information content (AvgIpc) is 2.39. The van der Waals surface area contributed by atoms with E-state index in [2.05, 4.69) is 44.3 Å². The van der Waals surface area contributed by atoms with Crippen LogP contribution in [0, 0.1) is 0 Å².